The first-order valence-electron chi connectivity index (χ1n) is 15.4. The maximum Gasteiger partial charge on any atom is 0.137 e. The van der Waals surface area contributed by atoms with E-state index in [1.54, 1.807) is 11.6 Å². The zero-order valence-corrected chi connectivity index (χ0v) is 26.7. The molecule has 0 fully saturated rings. The van der Waals surface area contributed by atoms with E-state index in [0.717, 1.165) is 28.7 Å². The number of rotatable bonds is 10. The van der Waals surface area contributed by atoms with Gasteiger partial charge >= 0.3 is 0 Å². The molecule has 0 saturated heterocycles. The Kier molecular flexibility index (Phi) is 8.44. The lowest BCUT2D eigenvalue weighted by Crippen LogP contribution is -2.40. The highest BCUT2D eigenvalue weighted by Crippen LogP contribution is 2.37. The summed E-state index contributed by atoms with van der Waals surface area (Å²) in [4.78, 5) is 6.32. The molecule has 0 amide bonds. The smallest absolute Gasteiger partial charge is 0.137 e. The largest absolute Gasteiger partial charge is 0.381 e. The number of aromatic nitrogens is 5. The quantitative estimate of drug-likeness (QED) is 0.172. The van der Waals surface area contributed by atoms with Crippen molar-refractivity contribution in [3.05, 3.63) is 142 Å². The third-order valence-corrected chi connectivity index (χ3v) is 9.12. The van der Waals surface area contributed by atoms with Gasteiger partial charge in [0.1, 0.15) is 29.9 Å². The topological polar surface area (TPSA) is 72.0 Å². The predicted molar refractivity (Wildman–Crippen MR) is 176 cm³/mol. The zero-order valence-electron chi connectivity index (χ0n) is 26.7. The molecule has 0 spiro atoms. The number of hydrogen-bond donors (Lipinski definition) is 1. The van der Waals surface area contributed by atoms with Crippen LogP contribution < -0.4 is 4.90 Å². The third kappa shape index (κ3) is 6.28. The molecule has 2 atom stereocenters. The van der Waals surface area contributed by atoms with Crippen molar-refractivity contribution in [3.8, 4) is 0 Å². The van der Waals surface area contributed by atoms with Crippen LogP contribution in [0.1, 0.15) is 51.9 Å². The molecule has 0 bridgehead atoms. The summed E-state index contributed by atoms with van der Waals surface area (Å²) in [6.07, 6.45) is 4.66. The second-order valence-electron chi connectivity index (χ2n) is 12.4. The van der Waals surface area contributed by atoms with Crippen LogP contribution in [0.3, 0.4) is 0 Å². The minimum Gasteiger partial charge on any atom is -0.381 e. The lowest BCUT2D eigenvalue weighted by Gasteiger charge is -2.34. The molecule has 2 heterocycles. The summed E-state index contributed by atoms with van der Waals surface area (Å²) < 4.78 is 32.1. The van der Waals surface area contributed by atoms with Gasteiger partial charge < -0.3 is 10.0 Å². The maximum atomic E-state index is 15.2. The summed E-state index contributed by atoms with van der Waals surface area (Å²) in [7, 11) is 0. The van der Waals surface area contributed by atoms with E-state index in [4.69, 9.17) is 5.10 Å². The van der Waals surface area contributed by atoms with Crippen molar-refractivity contribution < 1.29 is 13.9 Å². The van der Waals surface area contributed by atoms with Crippen LogP contribution in [0, 0.1) is 39.3 Å². The van der Waals surface area contributed by atoms with Crippen molar-refractivity contribution >= 4 is 16.6 Å². The van der Waals surface area contributed by atoms with Crippen molar-refractivity contribution in [1.29, 1.82) is 0 Å². The number of nitrogens with zero attached hydrogens (tertiary/aromatic N) is 6. The van der Waals surface area contributed by atoms with E-state index in [9.17, 15) is 9.50 Å². The van der Waals surface area contributed by atoms with E-state index in [1.807, 2.05) is 12.3 Å². The van der Waals surface area contributed by atoms with Crippen LogP contribution in [0.25, 0.3) is 10.9 Å². The molecule has 9 heteroatoms. The van der Waals surface area contributed by atoms with Crippen molar-refractivity contribution in [3.63, 3.8) is 0 Å². The number of aryl methyl sites for hydroxylation is 4. The molecule has 4 aromatic carbocycles. The van der Waals surface area contributed by atoms with Crippen molar-refractivity contribution in [1.82, 2.24) is 24.5 Å². The summed E-state index contributed by atoms with van der Waals surface area (Å²) in [6.45, 7) is 11.6. The minimum atomic E-state index is -1.82. The average molecular weight is 621 g/mol. The summed E-state index contributed by atoms with van der Waals surface area (Å²) in [5.74, 6) is -1.57. The van der Waals surface area contributed by atoms with Gasteiger partial charge in [-0.3, -0.25) is 4.68 Å². The fraction of sp³-hybridized carbons (Fsp3) is 0.270. The molecular weight excluding hydrogens is 582 g/mol. The second kappa shape index (κ2) is 12.5. The van der Waals surface area contributed by atoms with E-state index in [-0.39, 0.29) is 12.1 Å². The molecule has 0 aliphatic rings. The van der Waals surface area contributed by atoms with Crippen molar-refractivity contribution in [2.75, 3.05) is 4.90 Å². The number of benzene rings is 4. The van der Waals surface area contributed by atoms with Gasteiger partial charge in [0.05, 0.1) is 18.1 Å². The van der Waals surface area contributed by atoms with Gasteiger partial charge in [-0.05, 0) is 92.3 Å². The molecule has 1 N–H and O–H groups in total. The first-order valence-corrected chi connectivity index (χ1v) is 15.4. The Balaban J connectivity index is 1.37. The Morgan fingerprint density at radius 2 is 1.50 bits per heavy atom. The van der Waals surface area contributed by atoms with Crippen LogP contribution in [-0.4, -0.2) is 29.7 Å². The van der Waals surface area contributed by atoms with Crippen LogP contribution in [0.15, 0.2) is 91.6 Å². The molecule has 0 radical (unpaired) electrons. The standard InChI is InChI=1S/C37H38F2N6O/c1-24-6-8-29(14-26(24)3)18-43(19-30-9-7-25(2)27(4)15-30)33-11-13-36-31(16-33)20-45(42-36)28(5)37(46,21-44-23-40-22-41-44)34-12-10-32(38)17-35(34)39/h6-17,20,22-23,28,46H,18-19,21H2,1-5H3/t28-,37-/m1/s1. The molecule has 0 aliphatic carbocycles. The molecular formula is C37H38F2N6O. The minimum absolute atomic E-state index is 0.0508. The Bertz CT molecular complexity index is 1950. The summed E-state index contributed by atoms with van der Waals surface area (Å²) in [5.41, 5.74) is 7.35. The van der Waals surface area contributed by atoms with E-state index < -0.39 is 23.3 Å². The molecule has 0 aliphatic heterocycles. The SMILES string of the molecule is Cc1ccc(CN(Cc2ccc(C)c(C)c2)c2ccc3nn([C@H](C)[C@](O)(Cn4cncn4)c4ccc(F)cc4F)cc3c2)cc1C. The van der Waals surface area contributed by atoms with Crippen LogP contribution in [0.2, 0.25) is 0 Å². The lowest BCUT2D eigenvalue weighted by molar-refractivity contribution is -0.0366. The van der Waals surface area contributed by atoms with E-state index in [0.29, 0.717) is 13.1 Å². The van der Waals surface area contributed by atoms with Gasteiger partial charge in [-0.1, -0.05) is 42.5 Å². The normalized spacial score (nSPS) is 13.6. The van der Waals surface area contributed by atoms with Gasteiger partial charge in [0.15, 0.2) is 0 Å². The van der Waals surface area contributed by atoms with E-state index in [1.165, 1.54) is 56.8 Å². The molecule has 2 aromatic heterocycles. The molecule has 0 saturated carbocycles. The number of hydrogen-bond acceptors (Lipinski definition) is 5. The molecule has 46 heavy (non-hydrogen) atoms. The van der Waals surface area contributed by atoms with Gasteiger partial charge in [0.2, 0.25) is 0 Å². The summed E-state index contributed by atoms with van der Waals surface area (Å²) >= 11 is 0. The third-order valence-electron chi connectivity index (χ3n) is 9.12. The lowest BCUT2D eigenvalue weighted by atomic mass is 9.86. The number of anilines is 1. The highest BCUT2D eigenvalue weighted by atomic mass is 19.1. The maximum absolute atomic E-state index is 15.2. The zero-order chi connectivity index (χ0) is 32.6. The fourth-order valence-corrected chi connectivity index (χ4v) is 5.97. The molecule has 236 valence electrons. The van der Waals surface area contributed by atoms with Crippen LogP contribution >= 0.6 is 0 Å². The molecule has 6 aromatic rings. The number of aliphatic hydroxyl groups is 1. The van der Waals surface area contributed by atoms with E-state index >= 15 is 4.39 Å². The van der Waals surface area contributed by atoms with Gasteiger partial charge in [-0.2, -0.15) is 10.2 Å². The molecule has 0 unspecified atom stereocenters. The number of halogens is 2. The molecule has 6 rings (SSSR count). The summed E-state index contributed by atoms with van der Waals surface area (Å²) in [6, 6.07) is 21.7. The van der Waals surface area contributed by atoms with Gasteiger partial charge in [0.25, 0.3) is 0 Å². The van der Waals surface area contributed by atoms with Gasteiger partial charge in [-0.25, -0.2) is 18.4 Å². The first-order chi connectivity index (χ1) is 22.0. The van der Waals surface area contributed by atoms with Gasteiger partial charge in [0, 0.05) is 42.0 Å². The Morgan fingerprint density at radius 3 is 2.09 bits per heavy atom. The highest BCUT2D eigenvalue weighted by molar-refractivity contribution is 5.82. The first kappa shape index (κ1) is 31.1. The Morgan fingerprint density at radius 1 is 0.826 bits per heavy atom. The number of fused-ring (bicyclic) bond motifs is 1. The Labute approximate surface area is 267 Å². The fourth-order valence-electron chi connectivity index (χ4n) is 5.97. The van der Waals surface area contributed by atoms with Crippen LogP contribution in [-0.2, 0) is 25.2 Å². The van der Waals surface area contributed by atoms with E-state index in [2.05, 4.69) is 91.2 Å². The predicted octanol–water partition coefficient (Wildman–Crippen LogP) is 7.50. The molecule has 7 nitrogen and oxygen atoms in total. The van der Waals surface area contributed by atoms with Gasteiger partial charge in [-0.15, -0.1) is 0 Å². The van der Waals surface area contributed by atoms with Crippen molar-refractivity contribution in [2.24, 2.45) is 0 Å². The highest BCUT2D eigenvalue weighted by Gasteiger charge is 2.41. The monoisotopic (exact) mass is 620 g/mol. The Hall–Kier alpha value is -4.89. The second-order valence-corrected chi connectivity index (χ2v) is 12.4. The summed E-state index contributed by atoms with van der Waals surface area (Å²) in [5, 5.41) is 21.9. The van der Waals surface area contributed by atoms with Crippen molar-refractivity contribution in [2.45, 2.75) is 65.9 Å². The average Bonchev–Trinajstić information content (AvgIpc) is 3.69. The van der Waals surface area contributed by atoms with Crippen LogP contribution in [0.5, 0.6) is 0 Å². The van der Waals surface area contributed by atoms with Crippen LogP contribution in [0.4, 0.5) is 14.5 Å².